The molecule has 1 unspecified atom stereocenters. The first-order chi connectivity index (χ1) is 9.24. The number of nitrogens with zero attached hydrogens (tertiary/aromatic N) is 4. The van der Waals surface area contributed by atoms with Gasteiger partial charge in [0.15, 0.2) is 11.9 Å². The van der Waals surface area contributed by atoms with E-state index in [1.807, 2.05) is 18.5 Å². The van der Waals surface area contributed by atoms with E-state index in [-0.39, 0.29) is 12.3 Å². The van der Waals surface area contributed by atoms with E-state index in [2.05, 4.69) is 15.1 Å². The lowest BCUT2D eigenvalue weighted by Gasteiger charge is -2.23. The maximum absolute atomic E-state index is 5.75. The van der Waals surface area contributed by atoms with Crippen molar-refractivity contribution in [1.29, 1.82) is 0 Å². The van der Waals surface area contributed by atoms with E-state index in [0.29, 0.717) is 6.01 Å². The Morgan fingerprint density at radius 2 is 2.26 bits per heavy atom. The molecule has 0 aliphatic carbocycles. The summed E-state index contributed by atoms with van der Waals surface area (Å²) in [5.41, 5.74) is 0.776. The van der Waals surface area contributed by atoms with Crippen molar-refractivity contribution in [2.24, 2.45) is 0 Å². The highest BCUT2D eigenvalue weighted by molar-refractivity contribution is 5.73. The molecule has 3 rings (SSSR count). The molecule has 0 amide bonds. The van der Waals surface area contributed by atoms with Crippen LogP contribution in [0.5, 0.6) is 6.01 Å². The SMILES string of the molecule is CC(C)Oc1ncc2cnn(C3CCCCO3)c2n1. The fraction of sp³-hybridized carbons (Fsp3) is 0.615. The summed E-state index contributed by atoms with van der Waals surface area (Å²) in [6.07, 6.45) is 6.80. The van der Waals surface area contributed by atoms with Gasteiger partial charge in [0, 0.05) is 12.8 Å². The molecule has 1 aliphatic rings. The summed E-state index contributed by atoms with van der Waals surface area (Å²) in [6, 6.07) is 0.389. The van der Waals surface area contributed by atoms with Crippen molar-refractivity contribution in [2.75, 3.05) is 6.61 Å². The maximum Gasteiger partial charge on any atom is 0.318 e. The van der Waals surface area contributed by atoms with Gasteiger partial charge in [-0.05, 0) is 33.1 Å². The second-order valence-corrected chi connectivity index (χ2v) is 5.01. The molecule has 0 aromatic carbocycles. The zero-order valence-corrected chi connectivity index (χ0v) is 11.2. The molecule has 0 radical (unpaired) electrons. The molecular formula is C13H18N4O2. The van der Waals surface area contributed by atoms with Crippen molar-refractivity contribution in [2.45, 2.75) is 45.4 Å². The summed E-state index contributed by atoms with van der Waals surface area (Å²) >= 11 is 0. The third-order valence-corrected chi connectivity index (χ3v) is 3.08. The van der Waals surface area contributed by atoms with Crippen LogP contribution in [0.2, 0.25) is 0 Å². The van der Waals surface area contributed by atoms with Crippen molar-refractivity contribution in [3.8, 4) is 6.01 Å². The van der Waals surface area contributed by atoms with Crippen LogP contribution in [-0.2, 0) is 4.74 Å². The third-order valence-electron chi connectivity index (χ3n) is 3.08. The van der Waals surface area contributed by atoms with Crippen LogP contribution < -0.4 is 4.74 Å². The van der Waals surface area contributed by atoms with Crippen molar-refractivity contribution in [3.05, 3.63) is 12.4 Å². The van der Waals surface area contributed by atoms with E-state index in [4.69, 9.17) is 9.47 Å². The minimum Gasteiger partial charge on any atom is -0.461 e. The van der Waals surface area contributed by atoms with Crippen LogP contribution in [0.25, 0.3) is 11.0 Å². The second kappa shape index (κ2) is 5.13. The first kappa shape index (κ1) is 12.3. The van der Waals surface area contributed by atoms with Crippen LogP contribution in [0.15, 0.2) is 12.4 Å². The Kier molecular flexibility index (Phi) is 3.33. The van der Waals surface area contributed by atoms with Gasteiger partial charge in [0.2, 0.25) is 0 Å². The maximum atomic E-state index is 5.75. The Morgan fingerprint density at radius 3 is 3.00 bits per heavy atom. The van der Waals surface area contributed by atoms with Crippen molar-refractivity contribution < 1.29 is 9.47 Å². The molecule has 19 heavy (non-hydrogen) atoms. The molecule has 0 spiro atoms. The summed E-state index contributed by atoms with van der Waals surface area (Å²) in [6.45, 7) is 4.69. The molecule has 6 heteroatoms. The topological polar surface area (TPSA) is 62.1 Å². The van der Waals surface area contributed by atoms with Crippen molar-refractivity contribution in [1.82, 2.24) is 19.7 Å². The average Bonchev–Trinajstić information content (AvgIpc) is 2.82. The summed E-state index contributed by atoms with van der Waals surface area (Å²) in [4.78, 5) is 8.62. The normalized spacial score (nSPS) is 20.1. The average molecular weight is 262 g/mol. The monoisotopic (exact) mass is 262 g/mol. The van der Waals surface area contributed by atoms with Gasteiger partial charge in [-0.3, -0.25) is 0 Å². The molecule has 3 heterocycles. The molecule has 0 bridgehead atoms. The summed E-state index contributed by atoms with van der Waals surface area (Å²) in [7, 11) is 0. The van der Waals surface area contributed by atoms with Gasteiger partial charge >= 0.3 is 6.01 Å². The lowest BCUT2D eigenvalue weighted by Crippen LogP contribution is -2.19. The van der Waals surface area contributed by atoms with Gasteiger partial charge in [0.1, 0.15) is 0 Å². The van der Waals surface area contributed by atoms with E-state index in [1.54, 1.807) is 12.4 Å². The Balaban J connectivity index is 1.95. The lowest BCUT2D eigenvalue weighted by molar-refractivity contribution is -0.0370. The predicted octanol–water partition coefficient (Wildman–Crippen LogP) is 2.31. The fourth-order valence-corrected chi connectivity index (χ4v) is 2.22. The minimum atomic E-state index is -0.0203. The minimum absolute atomic E-state index is 0.0203. The number of hydrogen-bond donors (Lipinski definition) is 0. The Morgan fingerprint density at radius 1 is 1.37 bits per heavy atom. The van der Waals surface area contributed by atoms with Crippen LogP contribution >= 0.6 is 0 Å². The van der Waals surface area contributed by atoms with E-state index in [0.717, 1.165) is 36.9 Å². The second-order valence-electron chi connectivity index (χ2n) is 5.01. The van der Waals surface area contributed by atoms with Gasteiger partial charge in [-0.2, -0.15) is 10.1 Å². The van der Waals surface area contributed by atoms with E-state index < -0.39 is 0 Å². The van der Waals surface area contributed by atoms with Crippen LogP contribution in [-0.4, -0.2) is 32.5 Å². The van der Waals surface area contributed by atoms with Crippen LogP contribution in [0.3, 0.4) is 0 Å². The van der Waals surface area contributed by atoms with Crippen molar-refractivity contribution >= 4 is 11.0 Å². The smallest absolute Gasteiger partial charge is 0.318 e. The third kappa shape index (κ3) is 2.53. The Hall–Kier alpha value is -1.69. The van der Waals surface area contributed by atoms with Gasteiger partial charge in [-0.25, -0.2) is 9.67 Å². The van der Waals surface area contributed by atoms with E-state index in [1.165, 1.54) is 0 Å². The van der Waals surface area contributed by atoms with E-state index >= 15 is 0 Å². The largest absolute Gasteiger partial charge is 0.461 e. The van der Waals surface area contributed by atoms with Gasteiger partial charge in [-0.15, -0.1) is 0 Å². The van der Waals surface area contributed by atoms with Gasteiger partial charge in [-0.1, -0.05) is 0 Å². The number of ether oxygens (including phenoxy) is 2. The molecule has 6 nitrogen and oxygen atoms in total. The molecule has 0 N–H and O–H groups in total. The fourth-order valence-electron chi connectivity index (χ4n) is 2.22. The summed E-state index contributed by atoms with van der Waals surface area (Å²) < 4.78 is 13.1. The number of aromatic nitrogens is 4. The molecule has 1 saturated heterocycles. The zero-order chi connectivity index (χ0) is 13.2. The Bertz CT molecular complexity index is 561. The highest BCUT2D eigenvalue weighted by Crippen LogP contribution is 2.25. The zero-order valence-electron chi connectivity index (χ0n) is 11.2. The molecule has 1 fully saturated rings. The highest BCUT2D eigenvalue weighted by Gasteiger charge is 2.19. The van der Waals surface area contributed by atoms with Gasteiger partial charge in [0.25, 0.3) is 0 Å². The van der Waals surface area contributed by atoms with Gasteiger partial charge < -0.3 is 9.47 Å². The molecule has 2 aromatic heterocycles. The molecule has 1 aliphatic heterocycles. The first-order valence-electron chi connectivity index (χ1n) is 6.72. The predicted molar refractivity (Wildman–Crippen MR) is 69.9 cm³/mol. The molecule has 1 atom stereocenters. The first-order valence-corrected chi connectivity index (χ1v) is 6.72. The van der Waals surface area contributed by atoms with Crippen LogP contribution in [0, 0.1) is 0 Å². The van der Waals surface area contributed by atoms with Gasteiger partial charge in [0.05, 0.1) is 17.7 Å². The molecule has 0 saturated carbocycles. The summed E-state index contributed by atoms with van der Waals surface area (Å²) in [5.74, 6) is 0. The lowest BCUT2D eigenvalue weighted by atomic mass is 10.2. The number of fused-ring (bicyclic) bond motifs is 1. The van der Waals surface area contributed by atoms with Crippen LogP contribution in [0.4, 0.5) is 0 Å². The Labute approximate surface area is 111 Å². The highest BCUT2D eigenvalue weighted by atomic mass is 16.5. The molecule has 102 valence electrons. The number of rotatable bonds is 3. The number of hydrogen-bond acceptors (Lipinski definition) is 5. The van der Waals surface area contributed by atoms with Crippen LogP contribution in [0.1, 0.15) is 39.3 Å². The van der Waals surface area contributed by atoms with E-state index in [9.17, 15) is 0 Å². The molecule has 2 aromatic rings. The standard InChI is InChI=1S/C13H18N4O2/c1-9(2)19-13-14-7-10-8-15-17(12(10)16-13)11-5-3-4-6-18-11/h7-9,11H,3-6H2,1-2H3. The molecular weight excluding hydrogens is 244 g/mol. The van der Waals surface area contributed by atoms with Crippen molar-refractivity contribution in [3.63, 3.8) is 0 Å². The quantitative estimate of drug-likeness (QED) is 0.849. The summed E-state index contributed by atoms with van der Waals surface area (Å²) in [5, 5.41) is 5.28.